The first-order chi connectivity index (χ1) is 9.88. The van der Waals surface area contributed by atoms with Crippen molar-refractivity contribution in [2.45, 2.75) is 0 Å². The zero-order chi connectivity index (χ0) is 15.6. The predicted octanol–water partition coefficient (Wildman–Crippen LogP) is 2.40. The van der Waals surface area contributed by atoms with E-state index in [9.17, 15) is 24.4 Å². The summed E-state index contributed by atoms with van der Waals surface area (Å²) in [6, 6.07) is 5.97. The van der Waals surface area contributed by atoms with Gasteiger partial charge in [-0.15, -0.1) is 0 Å². The number of carbonyl (C=O) groups is 1. The van der Waals surface area contributed by atoms with Crippen LogP contribution < -0.4 is 5.32 Å². The Labute approximate surface area is 117 Å². The van der Waals surface area contributed by atoms with Gasteiger partial charge in [-0.3, -0.25) is 14.9 Å². The first-order valence-corrected chi connectivity index (χ1v) is 5.66. The number of carbonyl (C=O) groups excluding carboxylic acids is 1. The minimum Gasteiger partial charge on any atom is -0.508 e. The van der Waals surface area contributed by atoms with E-state index in [1.165, 1.54) is 0 Å². The van der Waals surface area contributed by atoms with Crippen molar-refractivity contribution in [1.29, 1.82) is 0 Å². The van der Waals surface area contributed by atoms with Gasteiger partial charge < -0.3 is 15.5 Å². The highest BCUT2D eigenvalue weighted by Crippen LogP contribution is 2.28. The van der Waals surface area contributed by atoms with E-state index in [2.05, 4.69) is 5.32 Å². The number of phenolic OH excluding ortho intramolecular Hbond substituents is 2. The Bertz CT molecular complexity index is 732. The monoisotopic (exact) mass is 292 g/mol. The van der Waals surface area contributed by atoms with E-state index in [4.69, 9.17) is 5.11 Å². The van der Waals surface area contributed by atoms with Gasteiger partial charge in [0.2, 0.25) is 0 Å². The molecular weight excluding hydrogens is 283 g/mol. The molecule has 21 heavy (non-hydrogen) atoms. The average Bonchev–Trinajstić information content (AvgIpc) is 2.40. The summed E-state index contributed by atoms with van der Waals surface area (Å²) in [5.41, 5.74) is -0.936. The Hall–Kier alpha value is -3.16. The topological polar surface area (TPSA) is 113 Å². The molecule has 7 nitrogen and oxygen atoms in total. The molecule has 0 radical (unpaired) electrons. The maximum Gasteiger partial charge on any atom is 0.271 e. The summed E-state index contributed by atoms with van der Waals surface area (Å²) in [6.07, 6.45) is 0. The third-order valence-corrected chi connectivity index (χ3v) is 2.64. The van der Waals surface area contributed by atoms with Gasteiger partial charge in [0.1, 0.15) is 17.3 Å². The number of nitro groups is 1. The Morgan fingerprint density at radius 1 is 1.19 bits per heavy atom. The van der Waals surface area contributed by atoms with Crippen molar-refractivity contribution in [2.24, 2.45) is 0 Å². The summed E-state index contributed by atoms with van der Waals surface area (Å²) in [7, 11) is 0. The van der Waals surface area contributed by atoms with Crippen molar-refractivity contribution < 1.29 is 24.3 Å². The predicted molar refractivity (Wildman–Crippen MR) is 70.8 cm³/mol. The van der Waals surface area contributed by atoms with Crippen molar-refractivity contribution in [2.75, 3.05) is 5.32 Å². The molecular formula is C13H9FN2O5. The van der Waals surface area contributed by atoms with Crippen LogP contribution in [-0.4, -0.2) is 21.0 Å². The molecule has 0 unspecified atom stereocenters. The van der Waals surface area contributed by atoms with Crippen molar-refractivity contribution in [3.05, 3.63) is 57.9 Å². The number of hydrogen-bond acceptors (Lipinski definition) is 5. The molecule has 0 spiro atoms. The number of nitrogens with one attached hydrogen (secondary N) is 1. The first kappa shape index (κ1) is 14.3. The molecule has 0 heterocycles. The van der Waals surface area contributed by atoms with Gasteiger partial charge in [0.05, 0.1) is 16.2 Å². The quantitative estimate of drug-likeness (QED) is 0.456. The van der Waals surface area contributed by atoms with Crippen LogP contribution in [0.1, 0.15) is 10.4 Å². The minimum atomic E-state index is -0.961. The van der Waals surface area contributed by atoms with Crippen LogP contribution in [0, 0.1) is 15.9 Å². The fourth-order valence-electron chi connectivity index (χ4n) is 1.62. The van der Waals surface area contributed by atoms with Gasteiger partial charge in [-0.1, -0.05) is 0 Å². The molecule has 0 fully saturated rings. The number of nitro benzene ring substituents is 1. The van der Waals surface area contributed by atoms with Gasteiger partial charge in [0.25, 0.3) is 11.6 Å². The summed E-state index contributed by atoms with van der Waals surface area (Å²) >= 11 is 0. The third-order valence-electron chi connectivity index (χ3n) is 2.64. The van der Waals surface area contributed by atoms with Crippen molar-refractivity contribution >= 4 is 17.3 Å². The number of aromatic hydroxyl groups is 2. The number of nitrogens with zero attached hydrogens (tertiary/aromatic N) is 1. The van der Waals surface area contributed by atoms with E-state index in [1.807, 2.05) is 0 Å². The highest BCUT2D eigenvalue weighted by Gasteiger charge is 2.16. The van der Waals surface area contributed by atoms with Crippen molar-refractivity contribution in [3.63, 3.8) is 0 Å². The lowest BCUT2D eigenvalue weighted by atomic mass is 10.1. The molecule has 0 aliphatic heterocycles. The van der Waals surface area contributed by atoms with E-state index < -0.39 is 22.4 Å². The maximum atomic E-state index is 13.5. The van der Waals surface area contributed by atoms with Crippen LogP contribution >= 0.6 is 0 Å². The molecule has 2 aromatic rings. The minimum absolute atomic E-state index is 0.221. The molecule has 0 aliphatic carbocycles. The summed E-state index contributed by atoms with van der Waals surface area (Å²) in [6.45, 7) is 0. The van der Waals surface area contributed by atoms with Crippen LogP contribution in [0.5, 0.6) is 11.5 Å². The summed E-state index contributed by atoms with van der Waals surface area (Å²) in [5.74, 6) is -2.61. The fraction of sp³-hybridized carbons (Fsp3) is 0. The molecule has 2 rings (SSSR count). The number of halogens is 1. The molecule has 108 valence electrons. The van der Waals surface area contributed by atoms with Crippen LogP contribution in [0.4, 0.5) is 15.8 Å². The van der Waals surface area contributed by atoms with Gasteiger partial charge >= 0.3 is 0 Å². The summed E-state index contributed by atoms with van der Waals surface area (Å²) < 4.78 is 13.5. The van der Waals surface area contributed by atoms with Crippen molar-refractivity contribution in [3.8, 4) is 11.5 Å². The number of phenols is 2. The second kappa shape index (κ2) is 5.45. The number of amides is 1. The van der Waals surface area contributed by atoms with Crippen LogP contribution in [0.25, 0.3) is 0 Å². The summed E-state index contributed by atoms with van der Waals surface area (Å²) in [4.78, 5) is 21.8. The molecule has 8 heteroatoms. The van der Waals surface area contributed by atoms with Crippen LogP contribution in [0.15, 0.2) is 36.4 Å². The normalized spacial score (nSPS) is 10.1. The van der Waals surface area contributed by atoms with Crippen LogP contribution in [-0.2, 0) is 0 Å². The smallest absolute Gasteiger partial charge is 0.271 e. The third kappa shape index (κ3) is 3.06. The van der Waals surface area contributed by atoms with Gasteiger partial charge in [-0.25, -0.2) is 4.39 Å². The number of hydrogen-bond donors (Lipinski definition) is 3. The number of anilines is 1. The van der Waals surface area contributed by atoms with Crippen molar-refractivity contribution in [1.82, 2.24) is 0 Å². The SMILES string of the molecule is O=C(Nc1cc([N+](=O)[O-])ccc1O)c1ccc(O)cc1F. The van der Waals surface area contributed by atoms with E-state index >= 15 is 0 Å². The second-order valence-electron chi connectivity index (χ2n) is 4.08. The lowest BCUT2D eigenvalue weighted by Crippen LogP contribution is -2.13. The Balaban J connectivity index is 2.31. The number of benzene rings is 2. The standard InChI is InChI=1S/C13H9FN2O5/c14-10-6-8(17)2-3-9(10)13(19)15-11-5-7(16(20)21)1-4-12(11)18/h1-6,17-18H,(H,15,19). The molecule has 0 atom stereocenters. The molecule has 0 aliphatic rings. The van der Waals surface area contributed by atoms with E-state index in [0.717, 1.165) is 36.4 Å². The molecule has 0 saturated carbocycles. The maximum absolute atomic E-state index is 13.5. The Morgan fingerprint density at radius 2 is 1.90 bits per heavy atom. The van der Waals surface area contributed by atoms with Gasteiger partial charge in [-0.05, 0) is 18.2 Å². The van der Waals surface area contributed by atoms with Gasteiger partial charge in [0.15, 0.2) is 0 Å². The molecule has 2 aromatic carbocycles. The Morgan fingerprint density at radius 3 is 2.52 bits per heavy atom. The lowest BCUT2D eigenvalue weighted by Gasteiger charge is -2.08. The number of rotatable bonds is 3. The first-order valence-electron chi connectivity index (χ1n) is 5.66. The zero-order valence-electron chi connectivity index (χ0n) is 10.4. The largest absolute Gasteiger partial charge is 0.508 e. The average molecular weight is 292 g/mol. The fourth-order valence-corrected chi connectivity index (χ4v) is 1.62. The van der Waals surface area contributed by atoms with Gasteiger partial charge in [-0.2, -0.15) is 0 Å². The lowest BCUT2D eigenvalue weighted by molar-refractivity contribution is -0.384. The Kier molecular flexibility index (Phi) is 3.70. The van der Waals surface area contributed by atoms with Gasteiger partial charge in [0, 0.05) is 18.2 Å². The molecule has 0 aromatic heterocycles. The van der Waals surface area contributed by atoms with Crippen LogP contribution in [0.2, 0.25) is 0 Å². The highest BCUT2D eigenvalue weighted by atomic mass is 19.1. The number of non-ortho nitro benzene ring substituents is 1. The van der Waals surface area contributed by atoms with E-state index in [0.29, 0.717) is 0 Å². The highest BCUT2D eigenvalue weighted by molar-refractivity contribution is 6.05. The summed E-state index contributed by atoms with van der Waals surface area (Å²) in [5, 5.41) is 31.4. The molecule has 0 bridgehead atoms. The molecule has 1 amide bonds. The second-order valence-corrected chi connectivity index (χ2v) is 4.08. The van der Waals surface area contributed by atoms with E-state index in [1.54, 1.807) is 0 Å². The zero-order valence-corrected chi connectivity index (χ0v) is 10.4. The van der Waals surface area contributed by atoms with Crippen LogP contribution in [0.3, 0.4) is 0 Å². The molecule has 3 N–H and O–H groups in total. The molecule has 0 saturated heterocycles. The van der Waals surface area contributed by atoms with E-state index in [-0.39, 0.29) is 22.7 Å².